The molecule has 0 atom stereocenters. The van der Waals surface area contributed by atoms with E-state index < -0.39 is 53.5 Å². The molecule has 240 valence electrons. The fourth-order valence-corrected chi connectivity index (χ4v) is 4.28. The summed E-state index contributed by atoms with van der Waals surface area (Å²) in [6, 6.07) is 6.77. The van der Waals surface area contributed by atoms with Crippen molar-refractivity contribution >= 4 is 18.0 Å². The number of hydrogen-bond donors (Lipinski definition) is 0. The van der Waals surface area contributed by atoms with E-state index in [0.29, 0.717) is 33.1 Å². The van der Waals surface area contributed by atoms with Gasteiger partial charge in [0.2, 0.25) is 0 Å². The Morgan fingerprint density at radius 1 is 0.756 bits per heavy atom. The highest BCUT2D eigenvalue weighted by Crippen LogP contribution is 2.60. The van der Waals surface area contributed by atoms with Gasteiger partial charge in [-0.15, -0.1) is 0 Å². The zero-order valence-electron chi connectivity index (χ0n) is 22.2. The Balaban J connectivity index is 0.0000160. The van der Waals surface area contributed by atoms with Crippen molar-refractivity contribution in [3.05, 3.63) is 40.6 Å². The van der Waals surface area contributed by atoms with Crippen molar-refractivity contribution in [2.24, 2.45) is 0 Å². The van der Waals surface area contributed by atoms with E-state index in [1.807, 2.05) is 21.1 Å². The van der Waals surface area contributed by atoms with Crippen LogP contribution in [0, 0.1) is 5.21 Å². The number of benzene rings is 1. The molecule has 0 bridgehead atoms. The largest absolute Gasteiger partial charge is 1.00 e. The first-order valence-electron chi connectivity index (χ1n) is 11.3. The maximum Gasteiger partial charge on any atom is 0.460 e. The highest BCUT2D eigenvalue weighted by molar-refractivity contribution is 7.99. The van der Waals surface area contributed by atoms with E-state index in [1.165, 1.54) is 13.8 Å². The molecule has 1 aromatic carbocycles. The van der Waals surface area contributed by atoms with Crippen LogP contribution in [-0.2, 0) is 6.54 Å². The van der Waals surface area contributed by atoms with Gasteiger partial charge in [0.1, 0.15) is 6.54 Å². The molecule has 0 N–H and O–H groups in total. The van der Waals surface area contributed by atoms with Crippen molar-refractivity contribution in [1.29, 1.82) is 0 Å². The van der Waals surface area contributed by atoms with Crippen molar-refractivity contribution in [2.45, 2.75) is 68.1 Å². The zero-order valence-corrected chi connectivity index (χ0v) is 25.2. The first kappa shape index (κ1) is 39.8. The lowest BCUT2D eigenvalue weighted by atomic mass is 9.93. The summed E-state index contributed by atoms with van der Waals surface area (Å²) in [5.41, 5.74) is 0.0122. The number of halogens is 14. The standard InChI is InChI=1S/C23H28F13N2OS.HI/c1-17(2,37(39)12-15-6-8-16(9-7-15)13-38(3,4)5)14-40-11-10-18(24,25)19(26,27)20(28,29)21(30,31)22(32,33)23(34,35)36;/h6-9,12H,10-11,13-14H2,1-5H3;1H/q+1;/p-1/b37-12-;. The Labute approximate surface area is 249 Å². The van der Waals surface area contributed by atoms with Gasteiger partial charge in [-0.05, 0) is 17.9 Å². The third kappa shape index (κ3) is 8.69. The number of rotatable bonds is 13. The lowest BCUT2D eigenvalue weighted by Crippen LogP contribution is -3.00. The maximum absolute atomic E-state index is 13.9. The first-order chi connectivity index (χ1) is 17.5. The van der Waals surface area contributed by atoms with Crippen LogP contribution in [0.15, 0.2) is 24.3 Å². The van der Waals surface area contributed by atoms with Gasteiger partial charge in [-0.2, -0.15) is 68.8 Å². The van der Waals surface area contributed by atoms with Gasteiger partial charge in [0.25, 0.3) is 0 Å². The van der Waals surface area contributed by atoms with E-state index in [4.69, 9.17) is 0 Å². The number of quaternary nitrogens is 1. The number of hydroxylamine groups is 1. The van der Waals surface area contributed by atoms with Crippen LogP contribution in [0.1, 0.15) is 31.4 Å². The van der Waals surface area contributed by atoms with E-state index in [1.54, 1.807) is 24.3 Å². The summed E-state index contributed by atoms with van der Waals surface area (Å²) >= 11 is 0.341. The Morgan fingerprint density at radius 2 is 1.20 bits per heavy atom. The quantitative estimate of drug-likeness (QED) is 0.0435. The molecule has 0 aromatic heterocycles. The highest BCUT2D eigenvalue weighted by Gasteiger charge is 2.90. The first-order valence-corrected chi connectivity index (χ1v) is 12.4. The van der Waals surface area contributed by atoms with Crippen molar-refractivity contribution in [2.75, 3.05) is 32.6 Å². The summed E-state index contributed by atoms with van der Waals surface area (Å²) in [5.74, 6) is -38.4. The Hall–Kier alpha value is -1.18. The second kappa shape index (κ2) is 12.8. The molecule has 41 heavy (non-hydrogen) atoms. The van der Waals surface area contributed by atoms with Crippen LogP contribution < -0.4 is 24.0 Å². The third-order valence-corrected chi connectivity index (χ3v) is 6.92. The number of alkyl halides is 13. The van der Waals surface area contributed by atoms with Crippen LogP contribution in [0.5, 0.6) is 0 Å². The summed E-state index contributed by atoms with van der Waals surface area (Å²) in [6.07, 6.45) is -8.61. The van der Waals surface area contributed by atoms with Gasteiger partial charge in [-0.3, -0.25) is 0 Å². The number of nitrogens with zero attached hydrogens (tertiary/aromatic N) is 2. The number of thioether (sulfide) groups is 1. The lowest BCUT2D eigenvalue weighted by molar-refractivity contribution is -0.884. The molecule has 0 amide bonds. The van der Waals surface area contributed by atoms with Gasteiger partial charge in [-0.25, -0.2) is 4.74 Å². The normalized spacial score (nSPS) is 15.1. The Morgan fingerprint density at radius 3 is 1.61 bits per heavy atom. The van der Waals surface area contributed by atoms with Crippen LogP contribution >= 0.6 is 11.8 Å². The van der Waals surface area contributed by atoms with E-state index >= 15 is 0 Å². The average molecular weight is 754 g/mol. The Bertz CT molecular complexity index is 1040. The molecule has 0 heterocycles. The maximum atomic E-state index is 13.9. The molecule has 1 aromatic rings. The van der Waals surface area contributed by atoms with Crippen molar-refractivity contribution < 1.29 is 90.3 Å². The third-order valence-electron chi connectivity index (χ3n) is 5.51. The summed E-state index contributed by atoms with van der Waals surface area (Å²) in [5, 5.41) is 12.5. The van der Waals surface area contributed by atoms with E-state index in [2.05, 4.69) is 0 Å². The monoisotopic (exact) mass is 754 g/mol. The van der Waals surface area contributed by atoms with Crippen molar-refractivity contribution in [3.63, 3.8) is 0 Å². The molecule has 0 unspecified atom stereocenters. The summed E-state index contributed by atoms with van der Waals surface area (Å²) < 4.78 is 173. The van der Waals surface area contributed by atoms with Crippen molar-refractivity contribution in [1.82, 2.24) is 0 Å². The minimum atomic E-state index is -7.91. The molecule has 0 aliphatic carbocycles. The van der Waals surface area contributed by atoms with Gasteiger partial charge >= 0.3 is 35.8 Å². The topological polar surface area (TPSA) is 26.1 Å². The zero-order chi connectivity index (χ0) is 31.8. The fourth-order valence-electron chi connectivity index (χ4n) is 3.11. The predicted molar refractivity (Wildman–Crippen MR) is 124 cm³/mol. The molecule has 0 spiro atoms. The van der Waals surface area contributed by atoms with Crippen LogP contribution in [0.3, 0.4) is 0 Å². The molecule has 1 rings (SSSR count). The van der Waals surface area contributed by atoms with Crippen LogP contribution in [-0.4, -0.2) is 89.4 Å². The number of hydrogen-bond acceptors (Lipinski definition) is 2. The van der Waals surface area contributed by atoms with Gasteiger partial charge < -0.3 is 33.7 Å². The van der Waals surface area contributed by atoms with Gasteiger partial charge in [0, 0.05) is 31.4 Å². The second-order valence-electron chi connectivity index (χ2n) is 10.8. The van der Waals surface area contributed by atoms with Gasteiger partial charge in [0.05, 0.1) is 26.9 Å². The fraction of sp³-hybridized carbons (Fsp3) is 0.696. The second-order valence-corrected chi connectivity index (χ2v) is 11.9. The van der Waals surface area contributed by atoms with Crippen LogP contribution in [0.4, 0.5) is 57.1 Å². The predicted octanol–water partition coefficient (Wildman–Crippen LogP) is 4.47. The van der Waals surface area contributed by atoms with Gasteiger partial charge in [0.15, 0.2) is 11.8 Å². The smallest absolute Gasteiger partial charge is 0.460 e. The average Bonchev–Trinajstić information content (AvgIpc) is 2.75. The molecular weight excluding hydrogens is 726 g/mol. The van der Waals surface area contributed by atoms with Gasteiger partial charge in [-0.1, -0.05) is 12.1 Å². The van der Waals surface area contributed by atoms with E-state index in [-0.39, 0.29) is 29.7 Å². The van der Waals surface area contributed by atoms with E-state index in [9.17, 15) is 62.3 Å². The Kier molecular flexibility index (Phi) is 12.4. The molecular formula is C23H28F13IN2OS. The molecule has 0 fully saturated rings. The minimum absolute atomic E-state index is 0. The lowest BCUT2D eigenvalue weighted by Gasteiger charge is -2.39. The molecule has 18 heteroatoms. The summed E-state index contributed by atoms with van der Waals surface area (Å²) in [6.45, 7) is 3.31. The SMILES string of the molecule is CC(C)(CSCCC(F)(F)C(F)(F)C(F)(F)C(F)(F)C(F)(F)C(F)(F)F)/[N+]([O-])=C/c1ccc(C[N+](C)(C)C)cc1.[I-]. The van der Waals surface area contributed by atoms with Crippen molar-refractivity contribution in [3.8, 4) is 0 Å². The molecule has 0 radical (unpaired) electrons. The molecule has 0 aliphatic heterocycles. The highest BCUT2D eigenvalue weighted by atomic mass is 127. The molecule has 3 nitrogen and oxygen atoms in total. The summed E-state index contributed by atoms with van der Waals surface area (Å²) in [7, 11) is 5.89. The van der Waals surface area contributed by atoms with Crippen LogP contribution in [0.25, 0.3) is 0 Å². The minimum Gasteiger partial charge on any atom is -1.00 e. The molecule has 0 saturated carbocycles. The summed E-state index contributed by atoms with van der Waals surface area (Å²) in [4.78, 5) is 0. The molecule has 0 aliphatic rings. The molecule has 0 saturated heterocycles. The van der Waals surface area contributed by atoms with E-state index in [0.717, 1.165) is 11.8 Å². The van der Waals surface area contributed by atoms with Crippen LogP contribution in [0.2, 0.25) is 0 Å².